The highest BCUT2D eigenvalue weighted by Crippen LogP contribution is 2.30. The monoisotopic (exact) mass is 448 g/mol. The van der Waals surface area contributed by atoms with Gasteiger partial charge in [0.05, 0.1) is 17.1 Å². The average molecular weight is 449 g/mol. The Morgan fingerprint density at radius 2 is 1.67 bits per heavy atom. The molecule has 2 amide bonds. The Hall–Kier alpha value is -2.72. The summed E-state index contributed by atoms with van der Waals surface area (Å²) >= 11 is 0. The molecule has 8 nitrogen and oxygen atoms in total. The Morgan fingerprint density at radius 3 is 2.30 bits per heavy atom. The predicted molar refractivity (Wildman–Crippen MR) is 109 cm³/mol. The van der Waals surface area contributed by atoms with Crippen molar-refractivity contribution in [2.24, 2.45) is 0 Å². The normalized spacial score (nSPS) is 21.4. The molecule has 0 bridgehead atoms. The molecule has 2 aromatic carbocycles. The Kier molecular flexibility index (Phi) is 5.15. The standard InChI is InChI=1S/C20H20N2O6S2/c23-19(13-22-20(24)17-8-4-5-9-18(17)30(22,27)28)21(12-15-6-2-1-3-7-15)16-10-11-29(25,26)14-16/h1-9,16H,10-14H2/t16-/m1/s1. The van der Waals surface area contributed by atoms with E-state index in [2.05, 4.69) is 0 Å². The summed E-state index contributed by atoms with van der Waals surface area (Å²) in [7, 11) is -7.39. The molecule has 0 radical (unpaired) electrons. The third-order valence-electron chi connectivity index (χ3n) is 5.36. The van der Waals surface area contributed by atoms with Gasteiger partial charge in [-0.2, -0.15) is 0 Å². The van der Waals surface area contributed by atoms with Crippen molar-refractivity contribution in [3.8, 4) is 0 Å². The number of hydrogen-bond donors (Lipinski definition) is 0. The van der Waals surface area contributed by atoms with E-state index in [0.717, 1.165) is 5.56 Å². The first-order valence-corrected chi connectivity index (χ1v) is 12.6. The smallest absolute Gasteiger partial charge is 0.269 e. The molecular weight excluding hydrogens is 428 g/mol. The number of carbonyl (C=O) groups excluding carboxylic acids is 2. The summed E-state index contributed by atoms with van der Waals surface area (Å²) in [6.45, 7) is -0.534. The minimum Gasteiger partial charge on any atom is -0.333 e. The van der Waals surface area contributed by atoms with Crippen LogP contribution in [0.15, 0.2) is 59.5 Å². The van der Waals surface area contributed by atoms with Crippen LogP contribution in [0.2, 0.25) is 0 Å². The Balaban J connectivity index is 1.62. The van der Waals surface area contributed by atoms with Gasteiger partial charge in [0.2, 0.25) is 5.91 Å². The highest BCUT2D eigenvalue weighted by atomic mass is 32.2. The fraction of sp³-hybridized carbons (Fsp3) is 0.300. The minimum absolute atomic E-state index is 0.0252. The average Bonchev–Trinajstić information content (AvgIpc) is 3.17. The van der Waals surface area contributed by atoms with E-state index in [0.29, 0.717) is 4.31 Å². The minimum atomic E-state index is -4.13. The molecule has 10 heteroatoms. The van der Waals surface area contributed by atoms with Crippen LogP contribution in [0.25, 0.3) is 0 Å². The van der Waals surface area contributed by atoms with Crippen LogP contribution in [-0.2, 0) is 31.2 Å². The van der Waals surface area contributed by atoms with Crippen molar-refractivity contribution in [1.29, 1.82) is 0 Å². The summed E-state index contributed by atoms with van der Waals surface area (Å²) in [6, 6.07) is 14.3. The first-order valence-electron chi connectivity index (χ1n) is 9.39. The van der Waals surface area contributed by atoms with Gasteiger partial charge in [0.25, 0.3) is 15.9 Å². The Morgan fingerprint density at radius 1 is 1.00 bits per heavy atom. The first kappa shape index (κ1) is 20.5. The number of nitrogens with zero attached hydrogens (tertiary/aromatic N) is 2. The number of sulfonamides is 1. The van der Waals surface area contributed by atoms with Crippen LogP contribution in [0.4, 0.5) is 0 Å². The van der Waals surface area contributed by atoms with E-state index in [1.54, 1.807) is 30.3 Å². The summed E-state index contributed by atoms with van der Waals surface area (Å²) in [5.41, 5.74) is 0.817. The van der Waals surface area contributed by atoms with Crippen molar-refractivity contribution in [3.05, 3.63) is 65.7 Å². The third kappa shape index (κ3) is 3.72. The second-order valence-corrected chi connectivity index (χ2v) is 11.4. The zero-order chi connectivity index (χ0) is 21.5. The summed E-state index contributed by atoms with van der Waals surface area (Å²) in [5, 5.41) is 0. The van der Waals surface area contributed by atoms with E-state index in [9.17, 15) is 26.4 Å². The molecule has 0 spiro atoms. The van der Waals surface area contributed by atoms with E-state index >= 15 is 0 Å². The number of carbonyl (C=O) groups is 2. The van der Waals surface area contributed by atoms with Crippen LogP contribution in [0, 0.1) is 0 Å². The Bertz CT molecular complexity index is 1210. The fourth-order valence-corrected chi connectivity index (χ4v) is 7.07. The summed E-state index contributed by atoms with van der Waals surface area (Å²) in [5.74, 6) is -1.56. The maximum Gasteiger partial charge on any atom is 0.269 e. The van der Waals surface area contributed by atoms with Gasteiger partial charge in [0, 0.05) is 12.6 Å². The van der Waals surface area contributed by atoms with E-state index < -0.39 is 44.3 Å². The van der Waals surface area contributed by atoms with Crippen molar-refractivity contribution in [2.45, 2.75) is 23.9 Å². The molecule has 4 rings (SSSR count). The maximum absolute atomic E-state index is 13.2. The topological polar surface area (TPSA) is 109 Å². The van der Waals surface area contributed by atoms with Crippen LogP contribution < -0.4 is 0 Å². The molecule has 2 aliphatic rings. The number of fused-ring (bicyclic) bond motifs is 1. The lowest BCUT2D eigenvalue weighted by Crippen LogP contribution is -2.47. The van der Waals surface area contributed by atoms with Gasteiger partial charge in [-0.05, 0) is 24.1 Å². The van der Waals surface area contributed by atoms with Gasteiger partial charge in [0.15, 0.2) is 9.84 Å². The second kappa shape index (κ2) is 7.51. The lowest BCUT2D eigenvalue weighted by atomic mass is 10.1. The van der Waals surface area contributed by atoms with E-state index in [1.807, 2.05) is 6.07 Å². The molecule has 1 atom stereocenters. The molecule has 2 aliphatic heterocycles. The summed E-state index contributed by atoms with van der Waals surface area (Å²) < 4.78 is 50.1. The molecule has 2 aromatic rings. The zero-order valence-corrected chi connectivity index (χ0v) is 17.6. The molecule has 1 saturated heterocycles. The molecule has 0 N–H and O–H groups in total. The first-order chi connectivity index (χ1) is 14.2. The highest BCUT2D eigenvalue weighted by molar-refractivity contribution is 7.91. The quantitative estimate of drug-likeness (QED) is 0.676. The molecular formula is C20H20N2O6S2. The molecule has 0 aromatic heterocycles. The highest BCUT2D eigenvalue weighted by Gasteiger charge is 2.43. The maximum atomic E-state index is 13.2. The Labute approximate surface area is 175 Å². The number of sulfone groups is 1. The molecule has 158 valence electrons. The van der Waals surface area contributed by atoms with Crippen molar-refractivity contribution < 1.29 is 26.4 Å². The fourth-order valence-electron chi connectivity index (χ4n) is 3.82. The van der Waals surface area contributed by atoms with Gasteiger partial charge in [-0.15, -0.1) is 0 Å². The van der Waals surface area contributed by atoms with E-state index in [-0.39, 0.29) is 34.9 Å². The molecule has 0 saturated carbocycles. The number of amides is 2. The zero-order valence-electron chi connectivity index (χ0n) is 16.0. The number of rotatable bonds is 5. The van der Waals surface area contributed by atoms with Gasteiger partial charge in [0.1, 0.15) is 11.4 Å². The van der Waals surface area contributed by atoms with Crippen LogP contribution in [0.5, 0.6) is 0 Å². The van der Waals surface area contributed by atoms with Crippen molar-refractivity contribution in [2.75, 3.05) is 18.1 Å². The SMILES string of the molecule is O=C(CN1C(=O)c2ccccc2S1(=O)=O)N(Cc1ccccc1)[C@@H]1CCS(=O)(=O)C1. The lowest BCUT2D eigenvalue weighted by molar-refractivity contribution is -0.133. The number of hydrogen-bond acceptors (Lipinski definition) is 6. The van der Waals surface area contributed by atoms with Crippen LogP contribution in [0.1, 0.15) is 22.3 Å². The van der Waals surface area contributed by atoms with Crippen molar-refractivity contribution in [1.82, 2.24) is 9.21 Å². The van der Waals surface area contributed by atoms with Crippen LogP contribution in [-0.4, -0.2) is 61.9 Å². The molecule has 0 unspecified atom stereocenters. The molecule has 0 aliphatic carbocycles. The molecule has 1 fully saturated rings. The van der Waals surface area contributed by atoms with Gasteiger partial charge < -0.3 is 4.90 Å². The van der Waals surface area contributed by atoms with E-state index in [4.69, 9.17) is 0 Å². The second-order valence-electron chi connectivity index (χ2n) is 7.38. The van der Waals surface area contributed by atoms with Crippen molar-refractivity contribution in [3.63, 3.8) is 0 Å². The van der Waals surface area contributed by atoms with Gasteiger partial charge in [-0.1, -0.05) is 42.5 Å². The van der Waals surface area contributed by atoms with E-state index in [1.165, 1.54) is 23.1 Å². The van der Waals surface area contributed by atoms with Gasteiger partial charge >= 0.3 is 0 Å². The largest absolute Gasteiger partial charge is 0.333 e. The van der Waals surface area contributed by atoms with Crippen molar-refractivity contribution >= 4 is 31.7 Å². The predicted octanol–water partition coefficient (Wildman–Crippen LogP) is 1.05. The van der Waals surface area contributed by atoms with Gasteiger partial charge in [-0.25, -0.2) is 21.1 Å². The molecule has 30 heavy (non-hydrogen) atoms. The lowest BCUT2D eigenvalue weighted by Gasteiger charge is -2.30. The van der Waals surface area contributed by atoms with Gasteiger partial charge in [-0.3, -0.25) is 9.59 Å². The number of benzene rings is 2. The molecule has 2 heterocycles. The summed E-state index contributed by atoms with van der Waals surface area (Å²) in [4.78, 5) is 27.0. The summed E-state index contributed by atoms with van der Waals surface area (Å²) in [6.07, 6.45) is 0.280. The van der Waals surface area contributed by atoms with Crippen LogP contribution >= 0.6 is 0 Å². The third-order valence-corrected chi connectivity index (χ3v) is 8.89. The van der Waals surface area contributed by atoms with Crippen LogP contribution in [0.3, 0.4) is 0 Å².